The van der Waals surface area contributed by atoms with E-state index in [1.54, 1.807) is 6.92 Å². The molecule has 1 aromatic carbocycles. The number of carbonyl (C=O) groups is 2. The lowest BCUT2D eigenvalue weighted by Crippen LogP contribution is -2.40. The Balaban J connectivity index is 2.46. The van der Waals surface area contributed by atoms with Crippen molar-refractivity contribution in [1.82, 2.24) is 4.31 Å². The molecule has 0 aromatic heterocycles. The van der Waals surface area contributed by atoms with E-state index in [2.05, 4.69) is 4.74 Å². The highest BCUT2D eigenvalue weighted by molar-refractivity contribution is 7.89. The van der Waals surface area contributed by atoms with E-state index >= 15 is 0 Å². The zero-order chi connectivity index (χ0) is 16.5. The summed E-state index contributed by atoms with van der Waals surface area (Å²) in [5.74, 6) is -1.80. The minimum Gasteiger partial charge on any atom is -0.480 e. The van der Waals surface area contributed by atoms with E-state index in [4.69, 9.17) is 5.11 Å². The third-order valence-electron chi connectivity index (χ3n) is 3.71. The van der Waals surface area contributed by atoms with Crippen molar-refractivity contribution in [3.63, 3.8) is 0 Å². The van der Waals surface area contributed by atoms with E-state index in [1.165, 1.54) is 25.3 Å². The Morgan fingerprint density at radius 2 is 2.05 bits per heavy atom. The molecule has 0 amide bonds. The fraction of sp³-hybridized carbons (Fsp3) is 0.429. The molecule has 1 aliphatic rings. The monoisotopic (exact) mass is 327 g/mol. The van der Waals surface area contributed by atoms with E-state index in [9.17, 15) is 18.0 Å². The van der Waals surface area contributed by atoms with Gasteiger partial charge in [-0.25, -0.2) is 13.2 Å². The molecule has 1 saturated heterocycles. The van der Waals surface area contributed by atoms with E-state index < -0.39 is 28.0 Å². The second kappa shape index (κ2) is 6.05. The normalized spacial score (nSPS) is 19.1. The number of methoxy groups -OCH3 is 1. The number of rotatable bonds is 4. The van der Waals surface area contributed by atoms with E-state index in [-0.39, 0.29) is 23.4 Å². The molecule has 1 fully saturated rings. The molecule has 22 heavy (non-hydrogen) atoms. The lowest BCUT2D eigenvalue weighted by molar-refractivity contribution is -0.140. The fourth-order valence-electron chi connectivity index (χ4n) is 2.50. The summed E-state index contributed by atoms with van der Waals surface area (Å²) in [7, 11) is -2.76. The van der Waals surface area contributed by atoms with Gasteiger partial charge in [0, 0.05) is 6.54 Å². The average Bonchev–Trinajstić information content (AvgIpc) is 2.97. The SMILES string of the molecule is COC(=O)c1cc(S(=O)(=O)N2CCC[C@H]2C(=O)O)ccc1C. The molecule has 1 aromatic rings. The molecule has 1 atom stereocenters. The number of hydrogen-bond acceptors (Lipinski definition) is 5. The first kappa shape index (κ1) is 16.4. The number of benzene rings is 1. The zero-order valence-corrected chi connectivity index (χ0v) is 13.1. The van der Waals surface area contributed by atoms with Gasteiger partial charge in [-0.05, 0) is 37.5 Å². The van der Waals surface area contributed by atoms with Gasteiger partial charge in [-0.2, -0.15) is 4.31 Å². The van der Waals surface area contributed by atoms with Crippen LogP contribution in [0.4, 0.5) is 0 Å². The summed E-state index contributed by atoms with van der Waals surface area (Å²) in [5.41, 5.74) is 0.733. The number of sulfonamides is 1. The molecule has 0 spiro atoms. The second-order valence-electron chi connectivity index (χ2n) is 5.08. The summed E-state index contributed by atoms with van der Waals surface area (Å²) in [6, 6.07) is 3.04. The number of hydrogen-bond donors (Lipinski definition) is 1. The summed E-state index contributed by atoms with van der Waals surface area (Å²) in [5, 5.41) is 9.14. The van der Waals surface area contributed by atoms with Crippen LogP contribution in [0.5, 0.6) is 0 Å². The summed E-state index contributed by atoms with van der Waals surface area (Å²) in [6.07, 6.45) is 0.774. The highest BCUT2D eigenvalue weighted by Gasteiger charge is 2.39. The van der Waals surface area contributed by atoms with Crippen LogP contribution in [0.25, 0.3) is 0 Å². The van der Waals surface area contributed by atoms with Crippen molar-refractivity contribution >= 4 is 22.0 Å². The number of carboxylic acids is 1. The minimum atomic E-state index is -3.97. The number of carbonyl (C=O) groups excluding carboxylic acids is 1. The van der Waals surface area contributed by atoms with Crippen LogP contribution in [0.1, 0.15) is 28.8 Å². The molecule has 0 bridgehead atoms. The topological polar surface area (TPSA) is 101 Å². The number of carboxylic acid groups (broad SMARTS) is 1. The smallest absolute Gasteiger partial charge is 0.338 e. The fourth-order valence-corrected chi connectivity index (χ4v) is 4.18. The minimum absolute atomic E-state index is 0.105. The van der Waals surface area contributed by atoms with Crippen LogP contribution in [0.3, 0.4) is 0 Å². The number of aryl methyl sites for hydroxylation is 1. The molecule has 2 rings (SSSR count). The van der Waals surface area contributed by atoms with Crippen molar-refractivity contribution in [1.29, 1.82) is 0 Å². The summed E-state index contributed by atoms with van der Waals surface area (Å²) < 4.78 is 30.9. The van der Waals surface area contributed by atoms with Gasteiger partial charge in [0.2, 0.25) is 10.0 Å². The second-order valence-corrected chi connectivity index (χ2v) is 6.97. The third-order valence-corrected chi connectivity index (χ3v) is 5.61. The maximum Gasteiger partial charge on any atom is 0.338 e. The first-order valence-corrected chi connectivity index (χ1v) is 8.16. The molecule has 1 heterocycles. The Hall–Kier alpha value is -1.93. The van der Waals surface area contributed by atoms with E-state index in [0.717, 1.165) is 4.31 Å². The standard InChI is InChI=1S/C14H17NO6S/c1-9-5-6-10(8-11(9)14(18)21-2)22(19,20)15-7-3-4-12(15)13(16)17/h5-6,8,12H,3-4,7H2,1-2H3,(H,16,17)/t12-/m0/s1. The van der Waals surface area contributed by atoms with Gasteiger partial charge in [0.15, 0.2) is 0 Å². The largest absolute Gasteiger partial charge is 0.480 e. The highest BCUT2D eigenvalue weighted by atomic mass is 32.2. The van der Waals surface area contributed by atoms with Crippen molar-refractivity contribution in [2.75, 3.05) is 13.7 Å². The van der Waals surface area contributed by atoms with Gasteiger partial charge < -0.3 is 9.84 Å². The Morgan fingerprint density at radius 3 is 2.64 bits per heavy atom. The number of nitrogens with zero attached hydrogens (tertiary/aromatic N) is 1. The van der Waals surface area contributed by atoms with E-state index in [0.29, 0.717) is 12.0 Å². The Morgan fingerprint density at radius 1 is 1.36 bits per heavy atom. The Bertz CT molecular complexity index is 712. The maximum absolute atomic E-state index is 12.6. The molecule has 120 valence electrons. The summed E-state index contributed by atoms with van der Waals surface area (Å²) in [4.78, 5) is 22.8. The third kappa shape index (κ3) is 2.84. The Labute approximate surface area is 128 Å². The van der Waals surface area contributed by atoms with Gasteiger partial charge in [0.05, 0.1) is 17.6 Å². The zero-order valence-electron chi connectivity index (χ0n) is 12.3. The molecule has 0 radical (unpaired) electrons. The van der Waals surface area contributed by atoms with Crippen LogP contribution in [-0.2, 0) is 19.6 Å². The maximum atomic E-state index is 12.6. The van der Waals surface area contributed by atoms with Crippen LogP contribution >= 0.6 is 0 Å². The lowest BCUT2D eigenvalue weighted by Gasteiger charge is -2.21. The molecule has 1 N–H and O–H groups in total. The molecule has 7 nitrogen and oxygen atoms in total. The molecular weight excluding hydrogens is 310 g/mol. The van der Waals surface area contributed by atoms with E-state index in [1.807, 2.05) is 0 Å². The van der Waals surface area contributed by atoms with Crippen LogP contribution < -0.4 is 0 Å². The van der Waals surface area contributed by atoms with Gasteiger partial charge in [-0.3, -0.25) is 4.79 Å². The Kier molecular flexibility index (Phi) is 4.52. The van der Waals surface area contributed by atoms with Crippen molar-refractivity contribution in [3.8, 4) is 0 Å². The van der Waals surface area contributed by atoms with Crippen LogP contribution in [0.15, 0.2) is 23.1 Å². The van der Waals surface area contributed by atoms with Gasteiger partial charge in [-0.1, -0.05) is 6.07 Å². The van der Waals surface area contributed by atoms with Crippen LogP contribution in [-0.4, -0.2) is 49.5 Å². The van der Waals surface area contributed by atoms with Gasteiger partial charge in [0.1, 0.15) is 6.04 Å². The van der Waals surface area contributed by atoms with Crippen molar-refractivity contribution < 1.29 is 27.9 Å². The quantitative estimate of drug-likeness (QED) is 0.829. The first-order chi connectivity index (χ1) is 10.3. The summed E-state index contributed by atoms with van der Waals surface area (Å²) >= 11 is 0. The molecule has 0 unspecified atom stereocenters. The van der Waals surface area contributed by atoms with Crippen molar-refractivity contribution in [2.45, 2.75) is 30.7 Å². The molecule has 1 aliphatic heterocycles. The highest BCUT2D eigenvalue weighted by Crippen LogP contribution is 2.27. The summed E-state index contributed by atoms with van der Waals surface area (Å²) in [6.45, 7) is 1.82. The first-order valence-electron chi connectivity index (χ1n) is 6.72. The van der Waals surface area contributed by atoms with Crippen LogP contribution in [0.2, 0.25) is 0 Å². The van der Waals surface area contributed by atoms with Gasteiger partial charge in [-0.15, -0.1) is 0 Å². The van der Waals surface area contributed by atoms with Gasteiger partial charge >= 0.3 is 11.9 Å². The van der Waals surface area contributed by atoms with Gasteiger partial charge in [0.25, 0.3) is 0 Å². The van der Waals surface area contributed by atoms with Crippen LogP contribution in [0, 0.1) is 6.92 Å². The number of esters is 1. The molecule has 8 heteroatoms. The number of aliphatic carboxylic acids is 1. The van der Waals surface area contributed by atoms with Crippen molar-refractivity contribution in [2.24, 2.45) is 0 Å². The molecule has 0 aliphatic carbocycles. The average molecular weight is 327 g/mol. The predicted molar refractivity (Wildman–Crippen MR) is 77.1 cm³/mol. The molecule has 0 saturated carbocycles. The lowest BCUT2D eigenvalue weighted by atomic mass is 10.1. The number of ether oxygens (including phenoxy) is 1. The van der Waals surface area contributed by atoms with Crippen molar-refractivity contribution in [3.05, 3.63) is 29.3 Å². The predicted octanol–water partition coefficient (Wildman–Crippen LogP) is 1.02. The molecular formula is C14H17NO6S.